The molecule has 0 saturated carbocycles. The summed E-state index contributed by atoms with van der Waals surface area (Å²) in [6, 6.07) is 8.47. The highest BCUT2D eigenvalue weighted by Crippen LogP contribution is 2.27. The first-order chi connectivity index (χ1) is 10.6. The van der Waals surface area contributed by atoms with Crippen molar-refractivity contribution >= 4 is 0 Å². The lowest BCUT2D eigenvalue weighted by Gasteiger charge is -2.37. The Morgan fingerprint density at radius 1 is 0.773 bits per heavy atom. The van der Waals surface area contributed by atoms with E-state index in [-0.39, 0.29) is 10.8 Å². The van der Waals surface area contributed by atoms with Crippen molar-refractivity contribution in [1.29, 1.82) is 0 Å². The molecule has 4 heteroatoms. The van der Waals surface area contributed by atoms with Crippen LogP contribution in [-0.2, 0) is 32.2 Å². The van der Waals surface area contributed by atoms with Crippen LogP contribution in [0.1, 0.15) is 25.0 Å². The Morgan fingerprint density at radius 2 is 1.14 bits per heavy atom. The molecule has 0 N–H and O–H groups in total. The zero-order chi connectivity index (χ0) is 15.5. The molecule has 1 aromatic rings. The van der Waals surface area contributed by atoms with E-state index < -0.39 is 0 Å². The summed E-state index contributed by atoms with van der Waals surface area (Å²) in [4.78, 5) is 0. The Hall–Kier alpha value is -0.940. The quantitative estimate of drug-likeness (QED) is 0.740. The predicted octanol–water partition coefficient (Wildman–Crippen LogP) is 2.79. The number of hydrogen-bond acceptors (Lipinski definition) is 4. The molecule has 0 aliphatic carbocycles. The molecule has 22 heavy (non-hydrogen) atoms. The lowest BCUT2D eigenvalue weighted by atomic mass is 9.90. The summed E-state index contributed by atoms with van der Waals surface area (Å²) in [5.41, 5.74) is 2.84. The Morgan fingerprint density at radius 3 is 1.41 bits per heavy atom. The monoisotopic (exact) mass is 306 g/mol. The van der Waals surface area contributed by atoms with Gasteiger partial charge in [-0.1, -0.05) is 38.1 Å². The molecule has 122 valence electrons. The van der Waals surface area contributed by atoms with Crippen molar-refractivity contribution < 1.29 is 18.9 Å². The van der Waals surface area contributed by atoms with Gasteiger partial charge in [0.1, 0.15) is 0 Å². The van der Waals surface area contributed by atoms with E-state index in [1.54, 1.807) is 0 Å². The minimum Gasteiger partial charge on any atom is -0.380 e. The normalized spacial score (nSPS) is 21.9. The summed E-state index contributed by atoms with van der Waals surface area (Å²) < 4.78 is 22.0. The maximum Gasteiger partial charge on any atom is 0.0717 e. The van der Waals surface area contributed by atoms with E-state index in [4.69, 9.17) is 18.9 Å². The van der Waals surface area contributed by atoms with Gasteiger partial charge in [0.05, 0.1) is 52.9 Å². The Balaban J connectivity index is 1.36. The standard InChI is InChI=1S/C18H26O4/c1-17(11-21-12-17)9-19-7-15-3-5-16(6-4-15)8-20-10-18(2)13-22-14-18/h3-6H,7-14H2,1-2H3. The summed E-state index contributed by atoms with van der Waals surface area (Å²) in [5, 5.41) is 0. The number of hydrogen-bond donors (Lipinski definition) is 0. The minimum absolute atomic E-state index is 0.217. The number of benzene rings is 1. The second-order valence-corrected chi connectivity index (χ2v) is 7.41. The highest BCUT2D eigenvalue weighted by molar-refractivity contribution is 5.21. The maximum absolute atomic E-state index is 5.79. The molecule has 2 aliphatic heterocycles. The van der Waals surface area contributed by atoms with Gasteiger partial charge in [-0.15, -0.1) is 0 Å². The van der Waals surface area contributed by atoms with Gasteiger partial charge in [0, 0.05) is 10.8 Å². The Bertz CT molecular complexity index is 429. The van der Waals surface area contributed by atoms with Crippen LogP contribution in [-0.4, -0.2) is 39.6 Å². The van der Waals surface area contributed by atoms with E-state index in [1.807, 2.05) is 0 Å². The van der Waals surface area contributed by atoms with Gasteiger partial charge in [-0.05, 0) is 11.1 Å². The van der Waals surface area contributed by atoms with Gasteiger partial charge in [-0.25, -0.2) is 0 Å². The zero-order valence-corrected chi connectivity index (χ0v) is 13.6. The number of ether oxygens (including phenoxy) is 4. The van der Waals surface area contributed by atoms with Crippen LogP contribution in [0, 0.1) is 10.8 Å². The van der Waals surface area contributed by atoms with E-state index >= 15 is 0 Å². The van der Waals surface area contributed by atoms with E-state index in [0.717, 1.165) is 39.6 Å². The third-order valence-electron chi connectivity index (χ3n) is 4.26. The van der Waals surface area contributed by atoms with E-state index in [9.17, 15) is 0 Å². The third-order valence-corrected chi connectivity index (χ3v) is 4.26. The van der Waals surface area contributed by atoms with E-state index in [1.165, 1.54) is 11.1 Å². The highest BCUT2D eigenvalue weighted by Gasteiger charge is 2.34. The molecule has 3 rings (SSSR count). The largest absolute Gasteiger partial charge is 0.380 e. The molecule has 0 bridgehead atoms. The SMILES string of the molecule is CC1(COCc2ccc(COCC3(C)COC3)cc2)COC1. The van der Waals surface area contributed by atoms with Crippen molar-refractivity contribution in [2.24, 2.45) is 10.8 Å². The molecule has 2 heterocycles. The van der Waals surface area contributed by atoms with Crippen molar-refractivity contribution in [1.82, 2.24) is 0 Å². The van der Waals surface area contributed by atoms with Crippen LogP contribution in [0.2, 0.25) is 0 Å². The molecule has 4 nitrogen and oxygen atoms in total. The van der Waals surface area contributed by atoms with E-state index in [0.29, 0.717) is 13.2 Å². The van der Waals surface area contributed by atoms with Gasteiger partial charge >= 0.3 is 0 Å². The van der Waals surface area contributed by atoms with Crippen LogP contribution < -0.4 is 0 Å². The second kappa shape index (κ2) is 6.67. The van der Waals surface area contributed by atoms with E-state index in [2.05, 4.69) is 38.1 Å². The van der Waals surface area contributed by atoms with Crippen LogP contribution in [0.15, 0.2) is 24.3 Å². The van der Waals surface area contributed by atoms with Crippen molar-refractivity contribution in [2.45, 2.75) is 27.1 Å². The lowest BCUT2D eigenvalue weighted by Crippen LogP contribution is -2.43. The fraction of sp³-hybridized carbons (Fsp3) is 0.667. The first kappa shape index (κ1) is 15.9. The van der Waals surface area contributed by atoms with Crippen LogP contribution in [0.4, 0.5) is 0 Å². The van der Waals surface area contributed by atoms with Gasteiger partial charge in [-0.2, -0.15) is 0 Å². The smallest absolute Gasteiger partial charge is 0.0717 e. The molecular formula is C18H26O4. The van der Waals surface area contributed by atoms with Crippen molar-refractivity contribution in [3.8, 4) is 0 Å². The topological polar surface area (TPSA) is 36.9 Å². The maximum atomic E-state index is 5.79. The first-order valence-electron chi connectivity index (χ1n) is 7.96. The molecule has 0 unspecified atom stereocenters. The number of rotatable bonds is 8. The minimum atomic E-state index is 0.217. The van der Waals surface area contributed by atoms with Crippen LogP contribution in [0.3, 0.4) is 0 Å². The van der Waals surface area contributed by atoms with Gasteiger partial charge in [-0.3, -0.25) is 0 Å². The molecule has 1 aromatic carbocycles. The highest BCUT2D eigenvalue weighted by atomic mass is 16.5. The van der Waals surface area contributed by atoms with Crippen molar-refractivity contribution in [3.63, 3.8) is 0 Å². The molecule has 0 amide bonds. The predicted molar refractivity (Wildman–Crippen MR) is 83.6 cm³/mol. The lowest BCUT2D eigenvalue weighted by molar-refractivity contribution is -0.140. The van der Waals surface area contributed by atoms with Gasteiger partial charge in [0.2, 0.25) is 0 Å². The molecule has 0 aromatic heterocycles. The van der Waals surface area contributed by atoms with Crippen LogP contribution >= 0.6 is 0 Å². The Labute approximate surface area is 132 Å². The second-order valence-electron chi connectivity index (χ2n) is 7.41. The summed E-state index contributed by atoms with van der Waals surface area (Å²) in [6.07, 6.45) is 0. The summed E-state index contributed by atoms with van der Waals surface area (Å²) in [5.74, 6) is 0. The molecular weight excluding hydrogens is 280 g/mol. The van der Waals surface area contributed by atoms with Crippen LogP contribution in [0.5, 0.6) is 0 Å². The van der Waals surface area contributed by atoms with Gasteiger partial charge < -0.3 is 18.9 Å². The first-order valence-corrected chi connectivity index (χ1v) is 7.96. The van der Waals surface area contributed by atoms with Crippen molar-refractivity contribution in [3.05, 3.63) is 35.4 Å². The van der Waals surface area contributed by atoms with Gasteiger partial charge in [0.15, 0.2) is 0 Å². The van der Waals surface area contributed by atoms with Crippen LogP contribution in [0.25, 0.3) is 0 Å². The Kier molecular flexibility index (Phi) is 4.83. The third kappa shape index (κ3) is 4.07. The summed E-state index contributed by atoms with van der Waals surface area (Å²) in [7, 11) is 0. The fourth-order valence-electron chi connectivity index (χ4n) is 2.63. The molecule has 0 atom stereocenters. The molecule has 0 spiro atoms. The average Bonchev–Trinajstić information content (AvgIpc) is 2.45. The molecule has 2 saturated heterocycles. The molecule has 0 radical (unpaired) electrons. The summed E-state index contributed by atoms with van der Waals surface area (Å²) >= 11 is 0. The van der Waals surface area contributed by atoms with Gasteiger partial charge in [0.25, 0.3) is 0 Å². The fourth-order valence-corrected chi connectivity index (χ4v) is 2.63. The summed E-state index contributed by atoms with van der Waals surface area (Å²) in [6.45, 7) is 10.5. The molecule has 2 aliphatic rings. The average molecular weight is 306 g/mol. The molecule has 2 fully saturated rings. The van der Waals surface area contributed by atoms with Crippen molar-refractivity contribution in [2.75, 3.05) is 39.6 Å². The zero-order valence-electron chi connectivity index (χ0n) is 13.6.